The number of para-hydroxylation sites is 1. The Hall–Kier alpha value is -2.30. The van der Waals surface area contributed by atoms with Crippen LogP contribution in [0.4, 0.5) is 0 Å². The van der Waals surface area contributed by atoms with Gasteiger partial charge in [0, 0.05) is 11.6 Å². The molecule has 0 saturated heterocycles. The zero-order chi connectivity index (χ0) is 15.2. The molecule has 0 aliphatic carbocycles. The van der Waals surface area contributed by atoms with Crippen molar-refractivity contribution in [1.82, 2.24) is 0 Å². The van der Waals surface area contributed by atoms with Gasteiger partial charge >= 0.3 is 11.9 Å². The van der Waals surface area contributed by atoms with Gasteiger partial charge in [0.05, 0.1) is 12.5 Å². The van der Waals surface area contributed by atoms with E-state index >= 15 is 0 Å². The number of rotatable bonds is 6. The van der Waals surface area contributed by atoms with Crippen molar-refractivity contribution in [3.63, 3.8) is 0 Å². The topological polar surface area (TPSA) is 72.8 Å². The minimum absolute atomic E-state index is 0.137. The third-order valence-electron chi connectivity index (χ3n) is 2.65. The highest BCUT2D eigenvalue weighted by molar-refractivity contribution is 5.85. The Morgan fingerprint density at radius 2 is 1.95 bits per heavy atom. The molecule has 0 heterocycles. The standard InChI is InChI=1S/C15H18O5/c1-15(2,14(18)19-3)10-20-12-7-5-4-6-11(12)8-9-13(16)17/h4-9H,10H2,1-3H3,(H,16,17). The van der Waals surface area contributed by atoms with E-state index in [1.807, 2.05) is 0 Å². The molecule has 0 atom stereocenters. The summed E-state index contributed by atoms with van der Waals surface area (Å²) in [5.74, 6) is -0.882. The first-order chi connectivity index (χ1) is 9.36. The summed E-state index contributed by atoms with van der Waals surface area (Å²) in [6, 6.07) is 7.01. The lowest BCUT2D eigenvalue weighted by molar-refractivity contribution is -0.152. The summed E-state index contributed by atoms with van der Waals surface area (Å²) in [6.45, 7) is 3.57. The minimum Gasteiger partial charge on any atom is -0.492 e. The average molecular weight is 278 g/mol. The van der Waals surface area contributed by atoms with Gasteiger partial charge in [0.25, 0.3) is 0 Å². The van der Waals surface area contributed by atoms with Crippen LogP contribution in [-0.4, -0.2) is 30.8 Å². The first-order valence-corrected chi connectivity index (χ1v) is 6.08. The fourth-order valence-electron chi connectivity index (χ4n) is 1.50. The summed E-state index contributed by atoms with van der Waals surface area (Å²) in [4.78, 5) is 22.1. The highest BCUT2D eigenvalue weighted by Gasteiger charge is 2.29. The van der Waals surface area contributed by atoms with Crippen LogP contribution < -0.4 is 4.74 Å². The van der Waals surface area contributed by atoms with Gasteiger partial charge in [-0.15, -0.1) is 0 Å². The Balaban J connectivity index is 2.83. The molecule has 108 valence electrons. The summed E-state index contributed by atoms with van der Waals surface area (Å²) in [7, 11) is 1.33. The molecule has 20 heavy (non-hydrogen) atoms. The van der Waals surface area contributed by atoms with E-state index in [0.29, 0.717) is 11.3 Å². The fourth-order valence-corrected chi connectivity index (χ4v) is 1.50. The Bertz CT molecular complexity index is 517. The Kier molecular flexibility index (Phi) is 5.32. The van der Waals surface area contributed by atoms with Crippen molar-refractivity contribution in [2.45, 2.75) is 13.8 Å². The number of hydrogen-bond donors (Lipinski definition) is 1. The number of hydrogen-bond acceptors (Lipinski definition) is 4. The van der Waals surface area contributed by atoms with Crippen molar-refractivity contribution < 1.29 is 24.2 Å². The van der Waals surface area contributed by atoms with Crippen molar-refractivity contribution in [3.8, 4) is 5.75 Å². The van der Waals surface area contributed by atoms with E-state index < -0.39 is 11.4 Å². The second-order valence-corrected chi connectivity index (χ2v) is 4.87. The summed E-state index contributed by atoms with van der Waals surface area (Å²) in [5, 5.41) is 8.64. The van der Waals surface area contributed by atoms with Gasteiger partial charge < -0.3 is 14.6 Å². The van der Waals surface area contributed by atoms with Crippen LogP contribution in [0.25, 0.3) is 6.08 Å². The van der Waals surface area contributed by atoms with Crippen LogP contribution in [0.5, 0.6) is 5.75 Å². The Labute approximate surface area is 117 Å². The lowest BCUT2D eigenvalue weighted by atomic mass is 9.95. The molecule has 0 unspecified atom stereocenters. The molecule has 0 spiro atoms. The number of carboxylic acids is 1. The maximum Gasteiger partial charge on any atom is 0.328 e. The maximum absolute atomic E-state index is 11.6. The van der Waals surface area contributed by atoms with Gasteiger partial charge in [-0.25, -0.2) is 4.79 Å². The molecule has 1 aromatic carbocycles. The van der Waals surface area contributed by atoms with Crippen LogP contribution in [0.2, 0.25) is 0 Å². The monoisotopic (exact) mass is 278 g/mol. The number of carbonyl (C=O) groups is 2. The Morgan fingerprint density at radius 3 is 2.55 bits per heavy atom. The van der Waals surface area contributed by atoms with Gasteiger partial charge in [-0.05, 0) is 26.0 Å². The summed E-state index contributed by atoms with van der Waals surface area (Å²) < 4.78 is 10.3. The van der Waals surface area contributed by atoms with Gasteiger partial charge in [0.1, 0.15) is 12.4 Å². The second kappa shape index (κ2) is 6.75. The molecule has 5 nitrogen and oxygen atoms in total. The molecule has 0 aromatic heterocycles. The molecule has 5 heteroatoms. The number of carbonyl (C=O) groups excluding carboxylic acids is 1. The van der Waals surface area contributed by atoms with E-state index in [4.69, 9.17) is 14.6 Å². The predicted octanol–water partition coefficient (Wildman–Crippen LogP) is 2.36. The van der Waals surface area contributed by atoms with Gasteiger partial charge in [0.2, 0.25) is 0 Å². The van der Waals surface area contributed by atoms with Crippen molar-refractivity contribution >= 4 is 18.0 Å². The maximum atomic E-state index is 11.6. The zero-order valence-corrected chi connectivity index (χ0v) is 11.8. The number of aliphatic carboxylic acids is 1. The molecule has 0 radical (unpaired) electrons. The van der Waals surface area contributed by atoms with Crippen molar-refractivity contribution in [2.24, 2.45) is 5.41 Å². The Morgan fingerprint density at radius 1 is 1.30 bits per heavy atom. The highest BCUT2D eigenvalue weighted by atomic mass is 16.5. The third kappa shape index (κ3) is 4.42. The van der Waals surface area contributed by atoms with Crippen LogP contribution in [0.3, 0.4) is 0 Å². The van der Waals surface area contributed by atoms with Gasteiger partial charge in [0.15, 0.2) is 0 Å². The highest BCUT2D eigenvalue weighted by Crippen LogP contribution is 2.24. The number of benzene rings is 1. The van der Waals surface area contributed by atoms with Crippen LogP contribution in [-0.2, 0) is 14.3 Å². The molecule has 0 saturated carbocycles. The average Bonchev–Trinajstić information content (AvgIpc) is 2.42. The van der Waals surface area contributed by atoms with Crippen molar-refractivity contribution in [2.75, 3.05) is 13.7 Å². The van der Waals surface area contributed by atoms with Crippen LogP contribution in [0.15, 0.2) is 30.3 Å². The normalized spacial score (nSPS) is 11.3. The molecule has 0 fully saturated rings. The molecule has 1 N–H and O–H groups in total. The first-order valence-electron chi connectivity index (χ1n) is 6.08. The smallest absolute Gasteiger partial charge is 0.328 e. The summed E-state index contributed by atoms with van der Waals surface area (Å²) >= 11 is 0. The van der Waals surface area contributed by atoms with E-state index in [9.17, 15) is 9.59 Å². The number of carboxylic acid groups (broad SMARTS) is 1. The first kappa shape index (κ1) is 15.8. The lowest BCUT2D eigenvalue weighted by Crippen LogP contribution is -2.32. The van der Waals surface area contributed by atoms with Crippen LogP contribution in [0, 0.1) is 5.41 Å². The molecule has 0 aliphatic rings. The van der Waals surface area contributed by atoms with E-state index in [2.05, 4.69) is 0 Å². The molecule has 0 amide bonds. The van der Waals surface area contributed by atoms with Gasteiger partial charge in [-0.3, -0.25) is 4.79 Å². The van der Waals surface area contributed by atoms with Crippen molar-refractivity contribution in [1.29, 1.82) is 0 Å². The SMILES string of the molecule is COC(=O)C(C)(C)COc1ccccc1C=CC(=O)O. The number of esters is 1. The largest absolute Gasteiger partial charge is 0.492 e. The molecule has 0 aliphatic heterocycles. The predicted molar refractivity (Wildman–Crippen MR) is 74.4 cm³/mol. The molecule has 1 rings (SSSR count). The van der Waals surface area contributed by atoms with E-state index in [-0.39, 0.29) is 12.6 Å². The third-order valence-corrected chi connectivity index (χ3v) is 2.65. The quantitative estimate of drug-likeness (QED) is 0.638. The molecular weight excluding hydrogens is 260 g/mol. The molecule has 0 bridgehead atoms. The fraction of sp³-hybridized carbons (Fsp3) is 0.333. The van der Waals surface area contributed by atoms with E-state index in [1.54, 1.807) is 38.1 Å². The van der Waals surface area contributed by atoms with E-state index in [0.717, 1.165) is 6.08 Å². The van der Waals surface area contributed by atoms with Crippen LogP contribution >= 0.6 is 0 Å². The van der Waals surface area contributed by atoms with Crippen molar-refractivity contribution in [3.05, 3.63) is 35.9 Å². The minimum atomic E-state index is -1.03. The number of methoxy groups -OCH3 is 1. The second-order valence-electron chi connectivity index (χ2n) is 4.87. The van der Waals surface area contributed by atoms with Gasteiger partial charge in [-0.2, -0.15) is 0 Å². The van der Waals surface area contributed by atoms with Gasteiger partial charge in [-0.1, -0.05) is 18.2 Å². The summed E-state index contributed by atoms with van der Waals surface area (Å²) in [6.07, 6.45) is 2.48. The molecule has 1 aromatic rings. The number of ether oxygens (including phenoxy) is 2. The molecular formula is C15H18O5. The zero-order valence-electron chi connectivity index (χ0n) is 11.8. The van der Waals surface area contributed by atoms with Crippen LogP contribution in [0.1, 0.15) is 19.4 Å². The lowest BCUT2D eigenvalue weighted by Gasteiger charge is -2.22. The van der Waals surface area contributed by atoms with E-state index in [1.165, 1.54) is 13.2 Å². The summed E-state index contributed by atoms with van der Waals surface area (Å²) in [5.41, 5.74) is -0.145.